The first-order chi connectivity index (χ1) is 17.1. The van der Waals surface area contributed by atoms with E-state index in [1.165, 1.54) is 0 Å². The Labute approximate surface area is 204 Å². The molecule has 35 heavy (non-hydrogen) atoms. The molecule has 4 heterocycles. The van der Waals surface area contributed by atoms with Crippen LogP contribution in [0.15, 0.2) is 65.6 Å². The van der Waals surface area contributed by atoms with E-state index in [0.717, 1.165) is 54.5 Å². The Morgan fingerprint density at radius 3 is 2.71 bits per heavy atom. The Morgan fingerprint density at radius 1 is 1.11 bits per heavy atom. The zero-order valence-electron chi connectivity index (χ0n) is 20.1. The van der Waals surface area contributed by atoms with Crippen molar-refractivity contribution in [2.24, 2.45) is 0 Å². The first-order valence-corrected chi connectivity index (χ1v) is 12.0. The molecule has 1 aliphatic heterocycles. The normalized spacial score (nSPS) is 15.8. The van der Waals surface area contributed by atoms with E-state index in [1.54, 1.807) is 25.7 Å². The number of carbonyl (C=O) groups is 1. The Bertz CT molecular complexity index is 1280. The highest BCUT2D eigenvalue weighted by Gasteiger charge is 2.28. The number of methoxy groups -OCH3 is 1. The molecule has 1 amide bonds. The van der Waals surface area contributed by atoms with E-state index in [1.807, 2.05) is 52.1 Å². The fourth-order valence-corrected chi connectivity index (χ4v) is 4.54. The minimum Gasteiger partial charge on any atom is -0.497 e. The van der Waals surface area contributed by atoms with Gasteiger partial charge in [-0.3, -0.25) is 9.36 Å². The SMILES string of the molecule is CCc1nccn1-c1ccc(C(=O)N2CCC[C@H](c3ncc(Cc4ccc(OC)cc4)o3)C2)cn1. The van der Waals surface area contributed by atoms with E-state index in [-0.39, 0.29) is 11.8 Å². The number of piperidine rings is 1. The van der Waals surface area contributed by atoms with Crippen LogP contribution < -0.4 is 4.74 Å². The third kappa shape index (κ3) is 4.96. The average molecular weight is 472 g/mol. The Balaban J connectivity index is 1.24. The zero-order valence-corrected chi connectivity index (χ0v) is 20.1. The van der Waals surface area contributed by atoms with E-state index < -0.39 is 0 Å². The predicted molar refractivity (Wildman–Crippen MR) is 131 cm³/mol. The van der Waals surface area contributed by atoms with Crippen molar-refractivity contribution in [3.05, 3.63) is 89.8 Å². The number of aryl methyl sites for hydroxylation is 1. The van der Waals surface area contributed by atoms with Gasteiger partial charge in [-0.2, -0.15) is 0 Å². The van der Waals surface area contributed by atoms with Crippen LogP contribution >= 0.6 is 0 Å². The number of rotatable bonds is 7. The summed E-state index contributed by atoms with van der Waals surface area (Å²) in [5.41, 5.74) is 1.71. The maximum absolute atomic E-state index is 13.2. The molecule has 0 spiro atoms. The molecular weight excluding hydrogens is 442 g/mol. The van der Waals surface area contributed by atoms with Crippen molar-refractivity contribution in [2.45, 2.75) is 38.5 Å². The Hall–Kier alpha value is -3.94. The number of oxazole rings is 1. The molecule has 180 valence electrons. The Morgan fingerprint density at radius 2 is 1.97 bits per heavy atom. The molecule has 1 fully saturated rings. The van der Waals surface area contributed by atoms with Crippen molar-refractivity contribution < 1.29 is 13.9 Å². The first kappa shape index (κ1) is 22.8. The van der Waals surface area contributed by atoms with E-state index in [4.69, 9.17) is 9.15 Å². The highest BCUT2D eigenvalue weighted by molar-refractivity contribution is 5.94. The summed E-state index contributed by atoms with van der Waals surface area (Å²) in [6.07, 6.45) is 10.4. The van der Waals surface area contributed by atoms with E-state index >= 15 is 0 Å². The molecule has 5 rings (SSSR count). The number of aromatic nitrogens is 4. The number of likely N-dealkylation sites (tertiary alicyclic amines) is 1. The van der Waals surface area contributed by atoms with Gasteiger partial charge in [-0.15, -0.1) is 0 Å². The van der Waals surface area contributed by atoms with Gasteiger partial charge in [0.15, 0.2) is 5.89 Å². The van der Waals surface area contributed by atoms with Gasteiger partial charge in [0.2, 0.25) is 0 Å². The topological polar surface area (TPSA) is 86.3 Å². The van der Waals surface area contributed by atoms with Crippen molar-refractivity contribution in [3.63, 3.8) is 0 Å². The van der Waals surface area contributed by atoms with Crippen molar-refractivity contribution in [3.8, 4) is 11.6 Å². The van der Waals surface area contributed by atoms with E-state index in [2.05, 4.69) is 21.9 Å². The molecule has 0 unspecified atom stereocenters. The van der Waals surface area contributed by atoms with Crippen LogP contribution in [-0.4, -0.2) is 50.5 Å². The smallest absolute Gasteiger partial charge is 0.255 e. The molecule has 4 aromatic rings. The van der Waals surface area contributed by atoms with Crippen molar-refractivity contribution in [1.29, 1.82) is 0 Å². The standard InChI is InChI=1S/C27H29N5O3/c1-3-24-28-12-14-32(24)25-11-8-20(16-29-25)27(33)31-13-4-5-21(18-31)26-30-17-23(35-26)15-19-6-9-22(34-2)10-7-19/h6-12,14,16-17,21H,3-5,13,15,18H2,1-2H3/t21-/m0/s1. The first-order valence-electron chi connectivity index (χ1n) is 12.0. The summed E-state index contributed by atoms with van der Waals surface area (Å²) in [7, 11) is 1.66. The molecular formula is C27H29N5O3. The highest BCUT2D eigenvalue weighted by atomic mass is 16.5. The van der Waals surface area contributed by atoms with E-state index in [0.29, 0.717) is 24.4 Å². The molecule has 1 saturated heterocycles. The Kier molecular flexibility index (Phi) is 6.61. The van der Waals surface area contributed by atoms with Crippen molar-refractivity contribution >= 4 is 5.91 Å². The lowest BCUT2D eigenvalue weighted by molar-refractivity contribution is 0.0697. The molecule has 0 saturated carbocycles. The second-order valence-electron chi connectivity index (χ2n) is 8.75. The lowest BCUT2D eigenvalue weighted by Gasteiger charge is -2.31. The average Bonchev–Trinajstić information content (AvgIpc) is 3.59. The quantitative estimate of drug-likeness (QED) is 0.396. The van der Waals surface area contributed by atoms with Gasteiger partial charge in [0.05, 0.1) is 24.8 Å². The summed E-state index contributed by atoms with van der Waals surface area (Å²) in [6.45, 7) is 3.36. The number of hydrogen-bond donors (Lipinski definition) is 0. The highest BCUT2D eigenvalue weighted by Crippen LogP contribution is 2.28. The molecule has 8 nitrogen and oxygen atoms in total. The van der Waals surface area contributed by atoms with Crippen LogP contribution in [0, 0.1) is 0 Å². The van der Waals surface area contributed by atoms with Gasteiger partial charge >= 0.3 is 0 Å². The number of benzene rings is 1. The summed E-state index contributed by atoms with van der Waals surface area (Å²) in [5.74, 6) is 4.12. The summed E-state index contributed by atoms with van der Waals surface area (Å²) < 4.78 is 13.3. The minimum atomic E-state index is -0.0138. The maximum atomic E-state index is 13.2. The van der Waals surface area contributed by atoms with Crippen LogP contribution in [0.3, 0.4) is 0 Å². The van der Waals surface area contributed by atoms with Crippen LogP contribution in [0.1, 0.15) is 59.1 Å². The molecule has 1 aliphatic rings. The van der Waals surface area contributed by atoms with Crippen LogP contribution in [0.4, 0.5) is 0 Å². The monoisotopic (exact) mass is 471 g/mol. The molecule has 3 aromatic heterocycles. The van der Waals surface area contributed by atoms with Gasteiger partial charge in [0.25, 0.3) is 5.91 Å². The second kappa shape index (κ2) is 10.1. The largest absolute Gasteiger partial charge is 0.497 e. The number of ether oxygens (including phenoxy) is 1. The number of amides is 1. The second-order valence-corrected chi connectivity index (χ2v) is 8.75. The summed E-state index contributed by atoms with van der Waals surface area (Å²) in [6, 6.07) is 11.6. The molecule has 0 radical (unpaired) electrons. The minimum absolute atomic E-state index is 0.0138. The fourth-order valence-electron chi connectivity index (χ4n) is 4.54. The third-order valence-electron chi connectivity index (χ3n) is 6.44. The summed E-state index contributed by atoms with van der Waals surface area (Å²) in [5, 5.41) is 0. The molecule has 0 N–H and O–H groups in total. The number of pyridine rings is 1. The fraction of sp³-hybridized carbons (Fsp3) is 0.333. The number of imidazole rings is 1. The van der Waals surface area contributed by atoms with Gasteiger partial charge in [-0.1, -0.05) is 19.1 Å². The van der Waals surface area contributed by atoms with Crippen molar-refractivity contribution in [2.75, 3.05) is 20.2 Å². The summed E-state index contributed by atoms with van der Waals surface area (Å²) >= 11 is 0. The number of hydrogen-bond acceptors (Lipinski definition) is 6. The van der Waals surface area contributed by atoms with Crippen molar-refractivity contribution in [1.82, 2.24) is 24.4 Å². The molecule has 0 aliphatic carbocycles. The van der Waals surface area contributed by atoms with E-state index in [9.17, 15) is 4.79 Å². The van der Waals surface area contributed by atoms with Crippen LogP contribution in [0.2, 0.25) is 0 Å². The van der Waals surface area contributed by atoms with Gasteiger partial charge in [0.1, 0.15) is 23.2 Å². The molecule has 1 aromatic carbocycles. The number of nitrogens with zero attached hydrogens (tertiary/aromatic N) is 5. The zero-order chi connectivity index (χ0) is 24.2. The van der Waals surface area contributed by atoms with Crippen LogP contribution in [-0.2, 0) is 12.8 Å². The number of carbonyl (C=O) groups excluding carboxylic acids is 1. The van der Waals surface area contributed by atoms with Gasteiger partial charge < -0.3 is 14.1 Å². The maximum Gasteiger partial charge on any atom is 0.255 e. The predicted octanol–water partition coefficient (Wildman–Crippen LogP) is 4.44. The molecule has 1 atom stereocenters. The van der Waals surface area contributed by atoms with Gasteiger partial charge in [0, 0.05) is 44.5 Å². The van der Waals surface area contributed by atoms with Crippen LogP contribution in [0.5, 0.6) is 5.75 Å². The molecule has 0 bridgehead atoms. The van der Waals surface area contributed by atoms with Gasteiger partial charge in [-0.25, -0.2) is 15.0 Å². The third-order valence-corrected chi connectivity index (χ3v) is 6.44. The van der Waals surface area contributed by atoms with Crippen LogP contribution in [0.25, 0.3) is 5.82 Å². The van der Waals surface area contributed by atoms with Gasteiger partial charge in [-0.05, 0) is 42.7 Å². The lowest BCUT2D eigenvalue weighted by atomic mass is 9.97. The lowest BCUT2D eigenvalue weighted by Crippen LogP contribution is -2.39. The molecule has 8 heteroatoms. The summed E-state index contributed by atoms with van der Waals surface area (Å²) in [4.78, 5) is 28.5.